The molecule has 8 heteroatoms. The van der Waals surface area contributed by atoms with Gasteiger partial charge in [0.1, 0.15) is 23.6 Å². The van der Waals surface area contributed by atoms with E-state index in [1.54, 1.807) is 45.2 Å². The van der Waals surface area contributed by atoms with E-state index in [1.807, 2.05) is 0 Å². The molecule has 23 heavy (non-hydrogen) atoms. The van der Waals surface area contributed by atoms with Gasteiger partial charge in [-0.25, -0.2) is 4.79 Å². The molecule has 0 heterocycles. The van der Waals surface area contributed by atoms with Crippen LogP contribution in [0, 0.1) is 0 Å². The van der Waals surface area contributed by atoms with Crippen molar-refractivity contribution < 1.29 is 19.1 Å². The first-order chi connectivity index (χ1) is 11.1. The van der Waals surface area contributed by atoms with E-state index in [-0.39, 0.29) is 18.8 Å². The number of benzene rings is 1. The number of nitrogens with one attached hydrogen (secondary N) is 1. The second-order valence-corrected chi connectivity index (χ2v) is 4.57. The van der Waals surface area contributed by atoms with Crippen LogP contribution >= 0.6 is 0 Å². The van der Waals surface area contributed by atoms with E-state index < -0.39 is 18.1 Å². The average molecular weight is 320 g/mol. The number of ketones is 1. The number of ether oxygens (including phenoxy) is 2. The zero-order valence-corrected chi connectivity index (χ0v) is 13.4. The normalized spacial score (nSPS) is 12.5. The van der Waals surface area contributed by atoms with Gasteiger partial charge in [-0.3, -0.25) is 4.79 Å². The molecular weight excluding hydrogens is 300 g/mol. The molecule has 0 unspecified atom stereocenters. The quantitative estimate of drug-likeness (QED) is 0.325. The monoisotopic (exact) mass is 320 g/mol. The van der Waals surface area contributed by atoms with Crippen LogP contribution in [-0.2, 0) is 14.3 Å². The number of azide groups is 1. The molecule has 0 aliphatic carbocycles. The molecule has 0 saturated heterocycles. The number of Topliss-reactive ketones (excluding diaryl/α,β-unsaturated/α-hetero) is 1. The van der Waals surface area contributed by atoms with Gasteiger partial charge in [0.2, 0.25) is 0 Å². The Labute approximate surface area is 134 Å². The molecule has 124 valence electrons. The van der Waals surface area contributed by atoms with Crippen LogP contribution in [0.4, 0.5) is 5.69 Å². The number of hydrogen-bond donors (Lipinski definition) is 1. The fraction of sp³-hybridized carbons (Fsp3) is 0.467. The lowest BCUT2D eigenvalue weighted by molar-refractivity contribution is -0.145. The highest BCUT2D eigenvalue weighted by Gasteiger charge is 2.33. The minimum absolute atomic E-state index is 0.143. The zero-order chi connectivity index (χ0) is 17.2. The third-order valence-corrected chi connectivity index (χ3v) is 3.12. The van der Waals surface area contributed by atoms with Crippen molar-refractivity contribution in [3.05, 3.63) is 34.7 Å². The lowest BCUT2D eigenvalue weighted by Crippen LogP contribution is -2.44. The van der Waals surface area contributed by atoms with E-state index >= 15 is 0 Å². The van der Waals surface area contributed by atoms with Crippen LogP contribution in [0.1, 0.15) is 20.3 Å². The summed E-state index contributed by atoms with van der Waals surface area (Å²) in [6, 6.07) is 4.52. The highest BCUT2D eigenvalue weighted by atomic mass is 16.5. The Morgan fingerprint density at radius 3 is 2.43 bits per heavy atom. The summed E-state index contributed by atoms with van der Waals surface area (Å²) >= 11 is 0. The standard InChI is InChI=1S/C15H20N4O4/c1-4-12(20)13(18-19-16)14(15(21)23-5-2)17-10-6-8-11(22-3)9-7-10/h6-9,13-14,17H,4-5H2,1-3H3/t13-,14+/m1/s1. The molecule has 0 aliphatic heterocycles. The SMILES string of the molecule is CCOC(=O)[C@@H](Nc1ccc(OC)cc1)[C@H](N=[N+]=[N-])C(=O)CC. The second kappa shape index (κ2) is 9.32. The molecule has 8 nitrogen and oxygen atoms in total. The Bertz CT molecular complexity index is 582. The van der Waals surface area contributed by atoms with Gasteiger partial charge in [0.15, 0.2) is 0 Å². The minimum atomic E-state index is -1.17. The third kappa shape index (κ3) is 5.19. The Morgan fingerprint density at radius 1 is 1.30 bits per heavy atom. The van der Waals surface area contributed by atoms with Crippen LogP contribution in [0.25, 0.3) is 10.4 Å². The largest absolute Gasteiger partial charge is 0.497 e. The van der Waals surface area contributed by atoms with Crippen LogP contribution in [0.2, 0.25) is 0 Å². The van der Waals surface area contributed by atoms with Gasteiger partial charge in [0, 0.05) is 17.0 Å². The number of hydrogen-bond acceptors (Lipinski definition) is 6. The number of carbonyl (C=O) groups is 2. The number of methoxy groups -OCH3 is 1. The summed E-state index contributed by atoms with van der Waals surface area (Å²) in [5.41, 5.74) is 9.26. The Kier molecular flexibility index (Phi) is 7.42. The maximum Gasteiger partial charge on any atom is 0.329 e. The number of anilines is 1. The van der Waals surface area contributed by atoms with Crippen molar-refractivity contribution in [2.45, 2.75) is 32.4 Å². The summed E-state index contributed by atoms with van der Waals surface area (Å²) in [7, 11) is 1.54. The van der Waals surface area contributed by atoms with Crippen molar-refractivity contribution in [2.24, 2.45) is 5.11 Å². The first kappa shape index (κ1) is 18.3. The fourth-order valence-corrected chi connectivity index (χ4v) is 1.95. The summed E-state index contributed by atoms with van der Waals surface area (Å²) in [4.78, 5) is 26.8. The molecule has 0 amide bonds. The molecule has 0 aliphatic rings. The number of rotatable bonds is 9. The lowest BCUT2D eigenvalue weighted by atomic mass is 10.0. The van der Waals surface area contributed by atoms with Gasteiger partial charge in [-0.05, 0) is 36.7 Å². The van der Waals surface area contributed by atoms with E-state index in [0.717, 1.165) is 0 Å². The molecule has 0 aromatic heterocycles. The predicted molar refractivity (Wildman–Crippen MR) is 85.3 cm³/mol. The van der Waals surface area contributed by atoms with Gasteiger partial charge in [-0.15, -0.1) is 0 Å². The molecule has 1 aromatic carbocycles. The first-order valence-corrected chi connectivity index (χ1v) is 7.21. The Morgan fingerprint density at radius 2 is 1.96 bits per heavy atom. The van der Waals surface area contributed by atoms with E-state index in [9.17, 15) is 9.59 Å². The van der Waals surface area contributed by atoms with Gasteiger partial charge in [-0.1, -0.05) is 12.0 Å². The molecule has 1 N–H and O–H groups in total. The zero-order valence-electron chi connectivity index (χ0n) is 13.4. The summed E-state index contributed by atoms with van der Waals surface area (Å²) in [6.45, 7) is 3.45. The molecule has 0 radical (unpaired) electrons. The van der Waals surface area contributed by atoms with Gasteiger partial charge in [-0.2, -0.15) is 0 Å². The van der Waals surface area contributed by atoms with Crippen LogP contribution in [0.15, 0.2) is 29.4 Å². The molecule has 1 aromatic rings. The molecule has 0 fully saturated rings. The highest BCUT2D eigenvalue weighted by molar-refractivity contribution is 5.93. The lowest BCUT2D eigenvalue weighted by Gasteiger charge is -2.23. The predicted octanol–water partition coefficient (Wildman–Crippen LogP) is 2.70. The van der Waals surface area contributed by atoms with Crippen LogP contribution in [0.3, 0.4) is 0 Å². The average Bonchev–Trinajstić information content (AvgIpc) is 2.58. The van der Waals surface area contributed by atoms with E-state index in [1.165, 1.54) is 0 Å². The molecule has 2 atom stereocenters. The van der Waals surface area contributed by atoms with E-state index in [2.05, 4.69) is 15.3 Å². The van der Waals surface area contributed by atoms with Crippen LogP contribution < -0.4 is 10.1 Å². The third-order valence-electron chi connectivity index (χ3n) is 3.12. The molecular formula is C15H20N4O4. The van der Waals surface area contributed by atoms with Crippen molar-refractivity contribution in [3.8, 4) is 5.75 Å². The summed E-state index contributed by atoms with van der Waals surface area (Å²) in [6.07, 6.45) is 0.143. The highest BCUT2D eigenvalue weighted by Crippen LogP contribution is 2.18. The summed E-state index contributed by atoms with van der Waals surface area (Å²) in [5.74, 6) is -0.344. The van der Waals surface area contributed by atoms with Gasteiger partial charge in [0.25, 0.3) is 0 Å². The summed E-state index contributed by atoms with van der Waals surface area (Å²) in [5, 5.41) is 6.37. The summed E-state index contributed by atoms with van der Waals surface area (Å²) < 4.78 is 10.0. The molecule has 1 rings (SSSR count). The minimum Gasteiger partial charge on any atom is -0.497 e. The van der Waals surface area contributed by atoms with Crippen molar-refractivity contribution in [2.75, 3.05) is 19.0 Å². The van der Waals surface area contributed by atoms with Gasteiger partial charge in [0.05, 0.1) is 13.7 Å². The van der Waals surface area contributed by atoms with Gasteiger partial charge < -0.3 is 14.8 Å². The number of carbonyl (C=O) groups excluding carboxylic acids is 2. The van der Waals surface area contributed by atoms with E-state index in [0.29, 0.717) is 11.4 Å². The fourth-order valence-electron chi connectivity index (χ4n) is 1.95. The van der Waals surface area contributed by atoms with Crippen molar-refractivity contribution in [1.29, 1.82) is 0 Å². The Balaban J connectivity index is 3.09. The van der Waals surface area contributed by atoms with Crippen molar-refractivity contribution >= 4 is 17.4 Å². The van der Waals surface area contributed by atoms with Crippen LogP contribution in [0.5, 0.6) is 5.75 Å². The van der Waals surface area contributed by atoms with Gasteiger partial charge >= 0.3 is 5.97 Å². The number of nitrogens with zero attached hydrogens (tertiary/aromatic N) is 3. The molecule has 0 bridgehead atoms. The molecule has 0 saturated carbocycles. The van der Waals surface area contributed by atoms with Crippen LogP contribution in [-0.4, -0.2) is 37.6 Å². The topological polar surface area (TPSA) is 113 Å². The Hall–Kier alpha value is -2.73. The molecule has 0 spiro atoms. The van der Waals surface area contributed by atoms with Crippen molar-refractivity contribution in [1.82, 2.24) is 0 Å². The second-order valence-electron chi connectivity index (χ2n) is 4.57. The maximum atomic E-state index is 12.2. The smallest absolute Gasteiger partial charge is 0.329 e. The maximum absolute atomic E-state index is 12.2. The number of esters is 1. The van der Waals surface area contributed by atoms with Crippen molar-refractivity contribution in [3.63, 3.8) is 0 Å². The first-order valence-electron chi connectivity index (χ1n) is 7.21. The van der Waals surface area contributed by atoms with E-state index in [4.69, 9.17) is 15.0 Å².